The highest BCUT2D eigenvalue weighted by atomic mass is 16.2. The Bertz CT molecular complexity index is 721. The molecule has 0 spiro atoms. The maximum Gasteiger partial charge on any atom is 0.226 e. The van der Waals surface area contributed by atoms with Crippen LogP contribution in [0.1, 0.15) is 17.5 Å². The van der Waals surface area contributed by atoms with Gasteiger partial charge in [0.15, 0.2) is 0 Å². The topological polar surface area (TPSA) is 75.2 Å². The monoisotopic (exact) mass is 338 g/mol. The van der Waals surface area contributed by atoms with E-state index in [1.165, 1.54) is 0 Å². The van der Waals surface area contributed by atoms with Gasteiger partial charge in [0.1, 0.15) is 0 Å². The minimum Gasteiger partial charge on any atom is -0.352 e. The van der Waals surface area contributed by atoms with Crippen LogP contribution < -0.4 is 5.32 Å². The fourth-order valence-corrected chi connectivity index (χ4v) is 2.82. The average molecular weight is 338 g/mol. The molecule has 6 nitrogen and oxygen atoms in total. The molecule has 1 aliphatic carbocycles. The Morgan fingerprint density at radius 2 is 1.64 bits per heavy atom. The minimum atomic E-state index is -0.197. The van der Waals surface area contributed by atoms with Gasteiger partial charge in [0.2, 0.25) is 11.8 Å². The molecule has 2 heterocycles. The van der Waals surface area contributed by atoms with Crippen molar-refractivity contribution in [2.75, 3.05) is 13.6 Å². The summed E-state index contributed by atoms with van der Waals surface area (Å²) in [4.78, 5) is 34.3. The van der Waals surface area contributed by atoms with E-state index >= 15 is 0 Å². The van der Waals surface area contributed by atoms with E-state index in [0.717, 1.165) is 17.5 Å². The second-order valence-electron chi connectivity index (χ2n) is 6.39. The molecule has 2 atom stereocenters. The molecule has 2 aromatic rings. The Morgan fingerprint density at radius 1 is 1.04 bits per heavy atom. The van der Waals surface area contributed by atoms with E-state index < -0.39 is 0 Å². The molecule has 1 fully saturated rings. The smallest absolute Gasteiger partial charge is 0.226 e. The molecule has 25 heavy (non-hydrogen) atoms. The van der Waals surface area contributed by atoms with Crippen LogP contribution >= 0.6 is 0 Å². The quantitative estimate of drug-likeness (QED) is 0.829. The van der Waals surface area contributed by atoms with Crippen LogP contribution in [-0.4, -0.2) is 40.3 Å². The molecule has 0 bridgehead atoms. The first-order chi connectivity index (χ1) is 12.1. The summed E-state index contributed by atoms with van der Waals surface area (Å²) in [6.07, 6.45) is 8.32. The molecule has 1 saturated carbocycles. The molecule has 130 valence electrons. The lowest BCUT2D eigenvalue weighted by atomic mass is 10.2. The number of hydrogen-bond acceptors (Lipinski definition) is 4. The molecule has 2 amide bonds. The first-order valence-electron chi connectivity index (χ1n) is 8.45. The number of carbonyl (C=O) groups excluding carboxylic acids is 2. The van der Waals surface area contributed by atoms with Crippen LogP contribution in [0.2, 0.25) is 0 Å². The lowest BCUT2D eigenvalue weighted by Gasteiger charge is -2.17. The lowest BCUT2D eigenvalue weighted by molar-refractivity contribution is -0.133. The van der Waals surface area contributed by atoms with Gasteiger partial charge >= 0.3 is 0 Å². The molecule has 0 saturated heterocycles. The van der Waals surface area contributed by atoms with Gasteiger partial charge < -0.3 is 10.2 Å². The number of carbonyl (C=O) groups is 2. The van der Waals surface area contributed by atoms with Gasteiger partial charge in [-0.1, -0.05) is 0 Å². The van der Waals surface area contributed by atoms with Crippen molar-refractivity contribution in [1.29, 1.82) is 0 Å². The average Bonchev–Trinajstić information content (AvgIpc) is 3.46. The first kappa shape index (κ1) is 17.1. The van der Waals surface area contributed by atoms with Gasteiger partial charge in [-0.25, -0.2) is 0 Å². The van der Waals surface area contributed by atoms with Gasteiger partial charge in [0.05, 0.1) is 11.8 Å². The molecule has 6 heteroatoms. The number of rotatable bonds is 7. The third-order valence-corrected chi connectivity index (χ3v) is 4.52. The van der Waals surface area contributed by atoms with Crippen LogP contribution in [0.4, 0.5) is 0 Å². The summed E-state index contributed by atoms with van der Waals surface area (Å²) in [5, 5.41) is 2.90. The molecule has 0 aromatic carbocycles. The molecular weight excluding hydrogens is 316 g/mol. The summed E-state index contributed by atoms with van der Waals surface area (Å²) in [5.74, 6) is -0.367. The van der Waals surface area contributed by atoms with Crippen LogP contribution in [0.5, 0.6) is 0 Å². The minimum absolute atomic E-state index is 0.0438. The highest BCUT2D eigenvalue weighted by Crippen LogP contribution is 2.40. The number of likely N-dealkylation sites (N-methyl/N-ethyl adjacent to an activating group) is 1. The standard InChI is InChI=1S/C19H22N4O2/c1-23(11-6-14-2-7-20-8-3-14)19(25)17-12-16(17)18(24)22-13-15-4-9-21-10-5-15/h2-5,7-10,16-17H,6,11-13H2,1H3,(H,22,24). The van der Waals surface area contributed by atoms with Crippen LogP contribution in [0.3, 0.4) is 0 Å². The van der Waals surface area contributed by atoms with Crippen LogP contribution in [0, 0.1) is 11.8 Å². The fourth-order valence-electron chi connectivity index (χ4n) is 2.82. The zero-order valence-electron chi connectivity index (χ0n) is 14.3. The largest absolute Gasteiger partial charge is 0.352 e. The summed E-state index contributed by atoms with van der Waals surface area (Å²) in [6.45, 7) is 1.11. The maximum atomic E-state index is 12.4. The van der Waals surface area contributed by atoms with Gasteiger partial charge in [0, 0.05) is 44.9 Å². The van der Waals surface area contributed by atoms with E-state index in [4.69, 9.17) is 0 Å². The molecular formula is C19H22N4O2. The van der Waals surface area contributed by atoms with E-state index in [1.807, 2.05) is 24.3 Å². The Hall–Kier alpha value is -2.76. The molecule has 1 aliphatic rings. The van der Waals surface area contributed by atoms with Gasteiger partial charge in [-0.15, -0.1) is 0 Å². The van der Waals surface area contributed by atoms with Gasteiger partial charge in [0.25, 0.3) is 0 Å². The second kappa shape index (κ2) is 7.88. The summed E-state index contributed by atoms with van der Waals surface area (Å²) >= 11 is 0. The van der Waals surface area contributed by atoms with Crippen molar-refractivity contribution in [2.45, 2.75) is 19.4 Å². The van der Waals surface area contributed by atoms with Crippen molar-refractivity contribution < 1.29 is 9.59 Å². The molecule has 2 unspecified atom stereocenters. The fraction of sp³-hybridized carbons (Fsp3) is 0.368. The van der Waals surface area contributed by atoms with Crippen molar-refractivity contribution in [3.63, 3.8) is 0 Å². The first-order valence-corrected chi connectivity index (χ1v) is 8.45. The van der Waals surface area contributed by atoms with Crippen molar-refractivity contribution in [1.82, 2.24) is 20.2 Å². The highest BCUT2D eigenvalue weighted by molar-refractivity contribution is 5.92. The molecule has 0 radical (unpaired) electrons. The third-order valence-electron chi connectivity index (χ3n) is 4.52. The number of aromatic nitrogens is 2. The predicted octanol–water partition coefficient (Wildman–Crippen LogP) is 1.43. The van der Waals surface area contributed by atoms with Crippen LogP contribution in [-0.2, 0) is 22.6 Å². The second-order valence-corrected chi connectivity index (χ2v) is 6.39. The van der Waals surface area contributed by atoms with Crippen molar-refractivity contribution in [3.8, 4) is 0 Å². The summed E-state index contributed by atoms with van der Waals surface area (Å²) < 4.78 is 0. The normalized spacial score (nSPS) is 18.4. The van der Waals surface area contributed by atoms with E-state index in [2.05, 4.69) is 15.3 Å². The SMILES string of the molecule is CN(CCc1ccncc1)C(=O)C1CC1C(=O)NCc1ccncc1. The van der Waals surface area contributed by atoms with E-state index in [-0.39, 0.29) is 23.7 Å². The number of amides is 2. The maximum absolute atomic E-state index is 12.4. The Balaban J connectivity index is 1.42. The molecule has 0 aliphatic heterocycles. The van der Waals surface area contributed by atoms with Gasteiger partial charge in [-0.2, -0.15) is 0 Å². The Kier molecular flexibility index (Phi) is 5.38. The number of nitrogens with zero attached hydrogens (tertiary/aromatic N) is 3. The van der Waals surface area contributed by atoms with E-state index in [9.17, 15) is 9.59 Å². The molecule has 2 aromatic heterocycles. The van der Waals surface area contributed by atoms with Crippen LogP contribution in [0.15, 0.2) is 49.1 Å². The zero-order valence-corrected chi connectivity index (χ0v) is 14.3. The summed E-state index contributed by atoms with van der Waals surface area (Å²) in [5.41, 5.74) is 2.15. The Morgan fingerprint density at radius 3 is 2.28 bits per heavy atom. The highest BCUT2D eigenvalue weighted by Gasteiger charge is 2.48. The van der Waals surface area contributed by atoms with E-state index in [1.54, 1.807) is 36.7 Å². The Labute approximate surface area is 147 Å². The third kappa shape index (κ3) is 4.62. The number of nitrogens with one attached hydrogen (secondary N) is 1. The lowest BCUT2D eigenvalue weighted by Crippen LogP contribution is -2.32. The van der Waals surface area contributed by atoms with Crippen LogP contribution in [0.25, 0.3) is 0 Å². The van der Waals surface area contributed by atoms with Crippen molar-refractivity contribution >= 4 is 11.8 Å². The zero-order chi connectivity index (χ0) is 17.6. The van der Waals surface area contributed by atoms with Crippen molar-refractivity contribution in [3.05, 3.63) is 60.2 Å². The van der Waals surface area contributed by atoms with Crippen molar-refractivity contribution in [2.24, 2.45) is 11.8 Å². The van der Waals surface area contributed by atoms with Gasteiger partial charge in [-0.05, 0) is 48.2 Å². The molecule has 1 N–H and O–H groups in total. The number of pyridine rings is 2. The van der Waals surface area contributed by atoms with Gasteiger partial charge in [-0.3, -0.25) is 19.6 Å². The summed E-state index contributed by atoms with van der Waals surface area (Å²) in [6, 6.07) is 7.63. The predicted molar refractivity (Wildman–Crippen MR) is 93.3 cm³/mol. The van der Waals surface area contributed by atoms with E-state index in [0.29, 0.717) is 19.5 Å². The number of hydrogen-bond donors (Lipinski definition) is 1. The molecule has 3 rings (SSSR count). The summed E-state index contributed by atoms with van der Waals surface area (Å²) in [7, 11) is 1.80.